The van der Waals surface area contributed by atoms with Gasteiger partial charge < -0.3 is 10.6 Å². The van der Waals surface area contributed by atoms with Crippen LogP contribution in [0, 0.1) is 6.92 Å². The number of urea groups is 1. The van der Waals surface area contributed by atoms with Crippen molar-refractivity contribution in [3.63, 3.8) is 0 Å². The maximum Gasteiger partial charge on any atom is 0.416 e. The van der Waals surface area contributed by atoms with Crippen molar-refractivity contribution in [1.29, 1.82) is 0 Å². The van der Waals surface area contributed by atoms with Crippen LogP contribution < -0.4 is 15.5 Å². The molecule has 0 heterocycles. The topological polar surface area (TPSA) is 61.4 Å². The van der Waals surface area contributed by atoms with E-state index in [4.69, 9.17) is 0 Å². The zero-order chi connectivity index (χ0) is 25.4. The Balaban J connectivity index is 1.77. The molecular formula is C27H28F3N3O2. The lowest BCUT2D eigenvalue weighted by atomic mass is 9.96. The molecule has 3 rings (SSSR count). The molecule has 3 amide bonds. The summed E-state index contributed by atoms with van der Waals surface area (Å²) in [5, 5.41) is 5.54. The Morgan fingerprint density at radius 1 is 0.943 bits per heavy atom. The Morgan fingerprint density at radius 2 is 1.63 bits per heavy atom. The van der Waals surface area contributed by atoms with Crippen molar-refractivity contribution >= 4 is 23.3 Å². The van der Waals surface area contributed by atoms with Crippen LogP contribution in [0.4, 0.5) is 29.3 Å². The first-order valence-electron chi connectivity index (χ1n) is 11.3. The number of hydrogen-bond acceptors (Lipinski definition) is 2. The molecule has 5 nitrogen and oxygen atoms in total. The number of benzene rings is 3. The second-order valence-electron chi connectivity index (χ2n) is 8.16. The summed E-state index contributed by atoms with van der Waals surface area (Å²) in [6.45, 7) is 3.86. The van der Waals surface area contributed by atoms with Crippen molar-refractivity contribution in [2.75, 3.05) is 23.3 Å². The van der Waals surface area contributed by atoms with Gasteiger partial charge in [-0.3, -0.25) is 9.69 Å². The quantitative estimate of drug-likeness (QED) is 0.392. The number of alkyl halides is 3. The van der Waals surface area contributed by atoms with Crippen LogP contribution in [0.15, 0.2) is 78.9 Å². The average molecular weight is 484 g/mol. The first kappa shape index (κ1) is 25.8. The summed E-state index contributed by atoms with van der Waals surface area (Å²) in [6.07, 6.45) is -3.96. The molecule has 0 spiro atoms. The van der Waals surface area contributed by atoms with E-state index in [0.717, 1.165) is 23.3 Å². The third-order valence-electron chi connectivity index (χ3n) is 5.59. The first-order chi connectivity index (χ1) is 16.7. The maximum atomic E-state index is 13.3. The number of halogens is 3. The third kappa shape index (κ3) is 7.09. The summed E-state index contributed by atoms with van der Waals surface area (Å²) in [6, 6.07) is 20.4. The minimum absolute atomic E-state index is 0.0179. The predicted octanol–water partition coefficient (Wildman–Crippen LogP) is 6.36. The minimum Gasteiger partial charge on any atom is -0.354 e. The van der Waals surface area contributed by atoms with Gasteiger partial charge in [0.15, 0.2) is 0 Å². The fourth-order valence-electron chi connectivity index (χ4n) is 3.70. The number of amides is 3. The summed E-state index contributed by atoms with van der Waals surface area (Å²) in [7, 11) is 0. The van der Waals surface area contributed by atoms with Gasteiger partial charge in [-0.2, -0.15) is 13.2 Å². The molecule has 8 heteroatoms. The number of aryl methyl sites for hydroxylation is 1. The molecule has 1 atom stereocenters. The van der Waals surface area contributed by atoms with Crippen LogP contribution in [0.2, 0.25) is 0 Å². The number of hydrogen-bond donors (Lipinski definition) is 2. The lowest BCUT2D eigenvalue weighted by Crippen LogP contribution is -2.42. The lowest BCUT2D eigenvalue weighted by Gasteiger charge is -2.25. The Bertz CT molecular complexity index is 1130. The monoisotopic (exact) mass is 483 g/mol. The fraction of sp³-hybridized carbons (Fsp3) is 0.259. The van der Waals surface area contributed by atoms with Crippen molar-refractivity contribution in [1.82, 2.24) is 5.32 Å². The summed E-state index contributed by atoms with van der Waals surface area (Å²) in [5.41, 5.74) is 1.61. The van der Waals surface area contributed by atoms with E-state index in [1.54, 1.807) is 12.1 Å². The molecule has 35 heavy (non-hydrogen) atoms. The van der Waals surface area contributed by atoms with Crippen LogP contribution in [0.1, 0.15) is 36.0 Å². The van der Waals surface area contributed by atoms with Crippen LogP contribution in [0.3, 0.4) is 0 Å². The Kier molecular flexibility index (Phi) is 8.52. The van der Waals surface area contributed by atoms with Crippen molar-refractivity contribution in [3.8, 4) is 0 Å². The van der Waals surface area contributed by atoms with Crippen LogP contribution in [-0.4, -0.2) is 25.0 Å². The highest BCUT2D eigenvalue weighted by Crippen LogP contribution is 2.32. The van der Waals surface area contributed by atoms with Crippen molar-refractivity contribution in [2.45, 2.75) is 32.4 Å². The molecule has 0 saturated carbocycles. The molecule has 0 aromatic heterocycles. The molecule has 0 aliphatic rings. The second kappa shape index (κ2) is 11.6. The van der Waals surface area contributed by atoms with Gasteiger partial charge in [-0.1, -0.05) is 61.0 Å². The van der Waals surface area contributed by atoms with Gasteiger partial charge in [0, 0.05) is 24.5 Å². The number of anilines is 2. The van der Waals surface area contributed by atoms with E-state index >= 15 is 0 Å². The van der Waals surface area contributed by atoms with Gasteiger partial charge in [0.25, 0.3) is 0 Å². The molecular weight excluding hydrogens is 455 g/mol. The number of nitrogens with one attached hydrogen (secondary N) is 2. The summed E-state index contributed by atoms with van der Waals surface area (Å²) in [4.78, 5) is 27.1. The number of rotatable bonds is 8. The number of carbonyl (C=O) groups is 2. The van der Waals surface area contributed by atoms with Gasteiger partial charge in [0.05, 0.1) is 11.5 Å². The van der Waals surface area contributed by atoms with E-state index in [-0.39, 0.29) is 30.6 Å². The van der Waals surface area contributed by atoms with Gasteiger partial charge in [-0.15, -0.1) is 0 Å². The van der Waals surface area contributed by atoms with Crippen molar-refractivity contribution in [2.24, 2.45) is 0 Å². The highest BCUT2D eigenvalue weighted by atomic mass is 19.4. The number of nitrogens with zero attached hydrogens (tertiary/aromatic N) is 1. The third-order valence-corrected chi connectivity index (χ3v) is 5.59. The molecule has 0 aliphatic heterocycles. The smallest absolute Gasteiger partial charge is 0.354 e. The van der Waals surface area contributed by atoms with Crippen molar-refractivity contribution < 1.29 is 22.8 Å². The van der Waals surface area contributed by atoms with Crippen molar-refractivity contribution in [3.05, 3.63) is 95.6 Å². The Morgan fingerprint density at radius 3 is 2.26 bits per heavy atom. The van der Waals surface area contributed by atoms with E-state index in [1.165, 1.54) is 17.0 Å². The molecule has 184 valence electrons. The zero-order valence-electron chi connectivity index (χ0n) is 19.6. The van der Waals surface area contributed by atoms with Crippen LogP contribution in [0.25, 0.3) is 0 Å². The SMILES string of the molecule is CCC(C(=O)NCCN(C(=O)Nc1ccc(C)cc1)c1cccc(C(F)(F)F)c1)c1ccccc1. The van der Waals surface area contributed by atoms with E-state index in [2.05, 4.69) is 10.6 Å². The van der Waals surface area contributed by atoms with Gasteiger partial charge in [-0.05, 0) is 49.2 Å². The highest BCUT2D eigenvalue weighted by Gasteiger charge is 2.31. The van der Waals surface area contributed by atoms with E-state index in [0.29, 0.717) is 12.1 Å². The maximum absolute atomic E-state index is 13.3. The van der Waals surface area contributed by atoms with Crippen LogP contribution in [0.5, 0.6) is 0 Å². The second-order valence-corrected chi connectivity index (χ2v) is 8.16. The molecule has 3 aromatic carbocycles. The normalized spacial score (nSPS) is 12.0. The molecule has 2 N–H and O–H groups in total. The largest absolute Gasteiger partial charge is 0.416 e. The van der Waals surface area contributed by atoms with Crippen LogP contribution >= 0.6 is 0 Å². The number of carbonyl (C=O) groups excluding carboxylic acids is 2. The van der Waals surface area contributed by atoms with Gasteiger partial charge in [0.2, 0.25) is 5.91 Å². The molecule has 0 radical (unpaired) electrons. The van der Waals surface area contributed by atoms with Crippen LogP contribution in [-0.2, 0) is 11.0 Å². The highest BCUT2D eigenvalue weighted by molar-refractivity contribution is 6.01. The summed E-state index contributed by atoms with van der Waals surface area (Å²) in [5.74, 6) is -0.568. The minimum atomic E-state index is -4.55. The molecule has 0 saturated heterocycles. The van der Waals surface area contributed by atoms with Gasteiger partial charge in [0.1, 0.15) is 0 Å². The van der Waals surface area contributed by atoms with E-state index in [9.17, 15) is 22.8 Å². The first-order valence-corrected chi connectivity index (χ1v) is 11.3. The fourth-order valence-corrected chi connectivity index (χ4v) is 3.70. The Hall–Kier alpha value is -3.81. The van der Waals surface area contributed by atoms with E-state index < -0.39 is 17.8 Å². The Labute approximate surface area is 203 Å². The summed E-state index contributed by atoms with van der Waals surface area (Å²) < 4.78 is 39.9. The average Bonchev–Trinajstić information content (AvgIpc) is 2.84. The van der Waals surface area contributed by atoms with E-state index in [1.807, 2.05) is 56.3 Å². The predicted molar refractivity (Wildman–Crippen MR) is 131 cm³/mol. The molecule has 0 aliphatic carbocycles. The molecule has 0 fully saturated rings. The summed E-state index contributed by atoms with van der Waals surface area (Å²) >= 11 is 0. The standard InChI is InChI=1S/C27H28F3N3O2/c1-3-24(20-8-5-4-6-9-20)25(34)31-16-17-33(23-11-7-10-21(18-23)27(28,29)30)26(35)32-22-14-12-19(2)13-15-22/h4-15,18,24H,3,16-17H2,1-2H3,(H,31,34)(H,32,35). The lowest BCUT2D eigenvalue weighted by molar-refractivity contribution is -0.137. The van der Waals surface area contributed by atoms with Gasteiger partial charge in [-0.25, -0.2) is 4.79 Å². The molecule has 0 bridgehead atoms. The zero-order valence-corrected chi connectivity index (χ0v) is 19.6. The molecule has 3 aromatic rings. The molecule has 1 unspecified atom stereocenters. The van der Waals surface area contributed by atoms with Gasteiger partial charge >= 0.3 is 12.2 Å².